The molecule has 0 bridgehead atoms. The number of unbranched alkanes of at least 4 members (excludes halogenated alkanes) is 1. The molecule has 1 saturated carbocycles. The number of nitrogens with one attached hydrogen (secondary N) is 1. The lowest BCUT2D eigenvalue weighted by Crippen LogP contribution is -2.48. The van der Waals surface area contributed by atoms with Crippen LogP contribution in [0.2, 0.25) is 0 Å². The zero-order chi connectivity index (χ0) is 15.0. The summed E-state index contributed by atoms with van der Waals surface area (Å²) in [5.41, 5.74) is 0.520. The van der Waals surface area contributed by atoms with Crippen LogP contribution in [0.3, 0.4) is 0 Å². The lowest BCUT2D eigenvalue weighted by molar-refractivity contribution is 0.0797. The molecule has 2 nitrogen and oxygen atoms in total. The van der Waals surface area contributed by atoms with Crippen LogP contribution in [0, 0.1) is 11.3 Å². The molecule has 0 aromatic carbocycles. The first-order valence-corrected chi connectivity index (χ1v) is 8.97. The maximum absolute atomic E-state index is 3.74. The highest BCUT2D eigenvalue weighted by molar-refractivity contribution is 4.90. The van der Waals surface area contributed by atoms with Gasteiger partial charge in [0.15, 0.2) is 0 Å². The first kappa shape index (κ1) is 18.0. The van der Waals surface area contributed by atoms with Gasteiger partial charge in [-0.25, -0.2) is 0 Å². The van der Waals surface area contributed by atoms with Crippen LogP contribution >= 0.6 is 0 Å². The van der Waals surface area contributed by atoms with E-state index in [4.69, 9.17) is 0 Å². The van der Waals surface area contributed by atoms with E-state index < -0.39 is 0 Å². The van der Waals surface area contributed by atoms with Gasteiger partial charge < -0.3 is 10.2 Å². The van der Waals surface area contributed by atoms with Crippen molar-refractivity contribution in [3.05, 3.63) is 0 Å². The fraction of sp³-hybridized carbons (Fsp3) is 1.00. The summed E-state index contributed by atoms with van der Waals surface area (Å²) in [5.74, 6) is 0.905. The Labute approximate surface area is 127 Å². The van der Waals surface area contributed by atoms with Gasteiger partial charge in [0.05, 0.1) is 0 Å². The Morgan fingerprint density at radius 3 is 2.60 bits per heavy atom. The Hall–Kier alpha value is -0.0800. The maximum atomic E-state index is 3.74. The molecule has 1 N–H and O–H groups in total. The van der Waals surface area contributed by atoms with Crippen molar-refractivity contribution in [3.8, 4) is 0 Å². The van der Waals surface area contributed by atoms with Crippen molar-refractivity contribution in [2.75, 3.05) is 26.2 Å². The fourth-order valence-electron chi connectivity index (χ4n) is 3.75. The Morgan fingerprint density at radius 2 is 2.05 bits per heavy atom. The van der Waals surface area contributed by atoms with E-state index in [1.54, 1.807) is 0 Å². The van der Waals surface area contributed by atoms with Crippen molar-refractivity contribution in [2.24, 2.45) is 11.3 Å². The molecule has 0 heterocycles. The van der Waals surface area contributed by atoms with Gasteiger partial charge in [0.25, 0.3) is 0 Å². The van der Waals surface area contributed by atoms with E-state index in [0.717, 1.165) is 5.92 Å². The standard InChI is InChI=1S/C18H38N2/c1-6-8-12-20(7-2)15-18(14-19-16(3)4)11-9-10-17(5)13-18/h16-17,19H,6-15H2,1-5H3. The summed E-state index contributed by atoms with van der Waals surface area (Å²) < 4.78 is 0. The molecule has 120 valence electrons. The molecule has 1 aliphatic rings. The van der Waals surface area contributed by atoms with Gasteiger partial charge in [0.2, 0.25) is 0 Å². The summed E-state index contributed by atoms with van der Waals surface area (Å²) in [6.07, 6.45) is 8.34. The smallest absolute Gasteiger partial charge is 0.00501 e. The minimum absolute atomic E-state index is 0.520. The molecule has 0 spiro atoms. The Morgan fingerprint density at radius 1 is 1.30 bits per heavy atom. The molecule has 1 rings (SSSR count). The minimum Gasteiger partial charge on any atom is -0.314 e. The second-order valence-electron chi connectivity index (χ2n) is 7.46. The van der Waals surface area contributed by atoms with Crippen molar-refractivity contribution in [2.45, 2.75) is 79.2 Å². The molecule has 0 amide bonds. The molecule has 0 aromatic rings. The lowest BCUT2D eigenvalue weighted by atomic mass is 9.69. The van der Waals surface area contributed by atoms with E-state index in [1.807, 2.05) is 0 Å². The molecular formula is C18H38N2. The van der Waals surface area contributed by atoms with E-state index in [1.165, 1.54) is 64.7 Å². The third kappa shape index (κ3) is 6.13. The highest BCUT2D eigenvalue weighted by Gasteiger charge is 2.36. The Balaban J connectivity index is 2.64. The Bertz CT molecular complexity index is 252. The molecule has 1 fully saturated rings. The highest BCUT2D eigenvalue weighted by Crippen LogP contribution is 2.39. The molecule has 0 aromatic heterocycles. The number of nitrogens with zero attached hydrogens (tertiary/aromatic N) is 1. The summed E-state index contributed by atoms with van der Waals surface area (Å²) in [7, 11) is 0. The predicted octanol–water partition coefficient (Wildman–Crippen LogP) is 4.30. The van der Waals surface area contributed by atoms with Crippen LogP contribution in [0.4, 0.5) is 0 Å². The average molecular weight is 283 g/mol. The van der Waals surface area contributed by atoms with Gasteiger partial charge in [-0.1, -0.05) is 53.9 Å². The van der Waals surface area contributed by atoms with E-state index in [-0.39, 0.29) is 0 Å². The summed E-state index contributed by atoms with van der Waals surface area (Å²) in [5, 5.41) is 3.74. The molecular weight excluding hydrogens is 244 g/mol. The first-order chi connectivity index (χ1) is 9.51. The number of hydrogen-bond donors (Lipinski definition) is 1. The van der Waals surface area contributed by atoms with Crippen LogP contribution in [0.25, 0.3) is 0 Å². The molecule has 2 heteroatoms. The highest BCUT2D eigenvalue weighted by atomic mass is 15.1. The zero-order valence-electron chi connectivity index (χ0n) is 14.7. The SMILES string of the molecule is CCCCN(CC)CC1(CNC(C)C)CCCC(C)C1. The minimum atomic E-state index is 0.520. The summed E-state index contributed by atoms with van der Waals surface area (Å²) in [6.45, 7) is 16.6. The van der Waals surface area contributed by atoms with Crippen molar-refractivity contribution in [1.82, 2.24) is 10.2 Å². The van der Waals surface area contributed by atoms with Crippen molar-refractivity contribution in [1.29, 1.82) is 0 Å². The van der Waals surface area contributed by atoms with Gasteiger partial charge in [0, 0.05) is 19.1 Å². The Kier molecular flexibility index (Phi) is 8.13. The molecule has 0 saturated heterocycles. The topological polar surface area (TPSA) is 15.3 Å². The number of hydrogen-bond acceptors (Lipinski definition) is 2. The first-order valence-electron chi connectivity index (χ1n) is 8.97. The van der Waals surface area contributed by atoms with Gasteiger partial charge in [-0.05, 0) is 43.7 Å². The molecule has 20 heavy (non-hydrogen) atoms. The van der Waals surface area contributed by atoms with Crippen LogP contribution in [-0.2, 0) is 0 Å². The van der Waals surface area contributed by atoms with Crippen LogP contribution in [0.1, 0.15) is 73.1 Å². The van der Waals surface area contributed by atoms with Crippen molar-refractivity contribution in [3.63, 3.8) is 0 Å². The third-order valence-corrected chi connectivity index (χ3v) is 4.90. The third-order valence-electron chi connectivity index (χ3n) is 4.90. The second kappa shape index (κ2) is 9.04. The van der Waals surface area contributed by atoms with E-state index in [2.05, 4.69) is 44.8 Å². The monoisotopic (exact) mass is 282 g/mol. The fourth-order valence-corrected chi connectivity index (χ4v) is 3.75. The van der Waals surface area contributed by atoms with E-state index >= 15 is 0 Å². The van der Waals surface area contributed by atoms with Crippen LogP contribution in [-0.4, -0.2) is 37.1 Å². The molecule has 0 radical (unpaired) electrons. The molecule has 0 aliphatic heterocycles. The summed E-state index contributed by atoms with van der Waals surface area (Å²) in [4.78, 5) is 2.70. The van der Waals surface area contributed by atoms with E-state index in [9.17, 15) is 0 Å². The van der Waals surface area contributed by atoms with Gasteiger partial charge in [-0.15, -0.1) is 0 Å². The molecule has 1 aliphatic carbocycles. The lowest BCUT2D eigenvalue weighted by Gasteiger charge is -2.44. The quantitative estimate of drug-likeness (QED) is 0.678. The number of rotatable bonds is 9. The summed E-state index contributed by atoms with van der Waals surface area (Å²) in [6, 6.07) is 0.606. The van der Waals surface area contributed by atoms with Crippen LogP contribution in [0.5, 0.6) is 0 Å². The molecule has 2 atom stereocenters. The average Bonchev–Trinajstić information content (AvgIpc) is 2.41. The van der Waals surface area contributed by atoms with Crippen molar-refractivity contribution >= 4 is 0 Å². The van der Waals surface area contributed by atoms with Gasteiger partial charge in [-0.2, -0.15) is 0 Å². The van der Waals surface area contributed by atoms with Crippen LogP contribution in [0.15, 0.2) is 0 Å². The normalized spacial score (nSPS) is 27.4. The van der Waals surface area contributed by atoms with Gasteiger partial charge in [0.1, 0.15) is 0 Å². The van der Waals surface area contributed by atoms with Gasteiger partial charge in [-0.3, -0.25) is 0 Å². The second-order valence-corrected chi connectivity index (χ2v) is 7.46. The maximum Gasteiger partial charge on any atom is 0.00501 e. The van der Waals surface area contributed by atoms with Crippen LogP contribution < -0.4 is 5.32 Å². The van der Waals surface area contributed by atoms with E-state index in [0.29, 0.717) is 11.5 Å². The molecule has 2 unspecified atom stereocenters. The predicted molar refractivity (Wildman–Crippen MR) is 90.2 cm³/mol. The largest absolute Gasteiger partial charge is 0.314 e. The van der Waals surface area contributed by atoms with Crippen molar-refractivity contribution < 1.29 is 0 Å². The summed E-state index contributed by atoms with van der Waals surface area (Å²) >= 11 is 0. The zero-order valence-corrected chi connectivity index (χ0v) is 14.7. The van der Waals surface area contributed by atoms with Gasteiger partial charge >= 0.3 is 0 Å².